The maximum atomic E-state index is 11.7. The summed E-state index contributed by atoms with van der Waals surface area (Å²) in [5.74, 6) is 1.40. The van der Waals surface area contributed by atoms with Crippen LogP contribution in [0, 0.1) is 0 Å². The Balaban J connectivity index is 1.87. The molecule has 0 aliphatic carbocycles. The molecule has 1 saturated heterocycles. The average molecular weight is 288 g/mol. The molecule has 0 aromatic carbocycles. The van der Waals surface area contributed by atoms with Gasteiger partial charge in [0.25, 0.3) is 0 Å². The van der Waals surface area contributed by atoms with Gasteiger partial charge in [-0.15, -0.1) is 10.2 Å². The Labute approximate surface area is 113 Å². The second-order valence-electron chi connectivity index (χ2n) is 4.52. The van der Waals surface area contributed by atoms with Crippen molar-refractivity contribution in [2.75, 3.05) is 31.9 Å². The van der Waals surface area contributed by atoms with Crippen LogP contribution in [0.25, 0.3) is 0 Å². The van der Waals surface area contributed by atoms with Crippen LogP contribution >= 0.6 is 0 Å². The molecular formula is C11H20N4O3S. The first kappa shape index (κ1) is 14.4. The van der Waals surface area contributed by atoms with Gasteiger partial charge in [-0.25, -0.2) is 8.42 Å². The Kier molecular flexibility index (Phi) is 4.54. The predicted octanol–water partition coefficient (Wildman–Crippen LogP) is 0.0993. The Bertz CT molecular complexity index is 506. The molecule has 1 aliphatic heterocycles. The molecule has 1 aromatic heterocycles. The molecule has 19 heavy (non-hydrogen) atoms. The van der Waals surface area contributed by atoms with Gasteiger partial charge in [0.1, 0.15) is 0 Å². The zero-order valence-corrected chi connectivity index (χ0v) is 12.2. The fraction of sp³-hybridized carbons (Fsp3) is 0.818. The molecule has 0 amide bonds. The predicted molar refractivity (Wildman–Crippen MR) is 70.0 cm³/mol. The smallest absolute Gasteiger partial charge is 0.230 e. The third-order valence-electron chi connectivity index (χ3n) is 3.26. The van der Waals surface area contributed by atoms with Gasteiger partial charge in [-0.1, -0.05) is 6.92 Å². The van der Waals surface area contributed by atoms with Gasteiger partial charge in [-0.3, -0.25) is 4.90 Å². The van der Waals surface area contributed by atoms with Gasteiger partial charge in [0, 0.05) is 32.6 Å². The summed E-state index contributed by atoms with van der Waals surface area (Å²) in [4.78, 5) is 2.13. The second kappa shape index (κ2) is 5.98. The van der Waals surface area contributed by atoms with E-state index in [0.717, 1.165) is 6.42 Å². The van der Waals surface area contributed by atoms with Crippen LogP contribution in [0.3, 0.4) is 0 Å². The van der Waals surface area contributed by atoms with Gasteiger partial charge in [0.2, 0.25) is 21.8 Å². The Morgan fingerprint density at radius 2 is 1.74 bits per heavy atom. The zero-order valence-electron chi connectivity index (χ0n) is 11.4. The van der Waals surface area contributed by atoms with Gasteiger partial charge in [0.15, 0.2) is 0 Å². The van der Waals surface area contributed by atoms with Crippen LogP contribution in [0.2, 0.25) is 0 Å². The van der Waals surface area contributed by atoms with Crippen molar-refractivity contribution in [2.24, 2.45) is 0 Å². The highest BCUT2D eigenvalue weighted by Gasteiger charge is 2.26. The molecule has 1 aliphatic rings. The number of nitrogens with zero attached hydrogens (tertiary/aromatic N) is 4. The Morgan fingerprint density at radius 3 is 2.26 bits per heavy atom. The SMILES string of the molecule is CCc1nnc(CN2CCN(S(=O)(=O)CC)CC2)o1. The molecule has 0 spiro atoms. The van der Waals surface area contributed by atoms with Gasteiger partial charge < -0.3 is 4.42 Å². The summed E-state index contributed by atoms with van der Waals surface area (Å²) in [5, 5.41) is 7.89. The van der Waals surface area contributed by atoms with Crippen LogP contribution in [0.4, 0.5) is 0 Å². The van der Waals surface area contributed by atoms with Gasteiger partial charge >= 0.3 is 0 Å². The highest BCUT2D eigenvalue weighted by Crippen LogP contribution is 2.11. The van der Waals surface area contributed by atoms with Crippen molar-refractivity contribution in [3.8, 4) is 0 Å². The molecule has 2 rings (SSSR count). The van der Waals surface area contributed by atoms with Crippen molar-refractivity contribution in [1.29, 1.82) is 0 Å². The van der Waals surface area contributed by atoms with Crippen LogP contribution in [0.1, 0.15) is 25.6 Å². The monoisotopic (exact) mass is 288 g/mol. The van der Waals surface area contributed by atoms with E-state index in [0.29, 0.717) is 44.5 Å². The van der Waals surface area contributed by atoms with E-state index in [2.05, 4.69) is 15.1 Å². The summed E-state index contributed by atoms with van der Waals surface area (Å²) in [7, 11) is -3.06. The van der Waals surface area contributed by atoms with Crippen molar-refractivity contribution < 1.29 is 12.8 Å². The summed E-state index contributed by atoms with van der Waals surface area (Å²) in [6, 6.07) is 0. The summed E-state index contributed by atoms with van der Waals surface area (Å²) < 4.78 is 30.5. The fourth-order valence-electron chi connectivity index (χ4n) is 2.03. The zero-order chi connectivity index (χ0) is 13.9. The maximum Gasteiger partial charge on any atom is 0.230 e. The summed E-state index contributed by atoms with van der Waals surface area (Å²) >= 11 is 0. The normalized spacial score (nSPS) is 18.8. The van der Waals surface area contributed by atoms with Crippen LogP contribution < -0.4 is 0 Å². The quantitative estimate of drug-likeness (QED) is 0.764. The van der Waals surface area contributed by atoms with Gasteiger partial charge in [-0.05, 0) is 6.92 Å². The van der Waals surface area contributed by atoms with E-state index < -0.39 is 10.0 Å². The van der Waals surface area contributed by atoms with Crippen molar-refractivity contribution in [3.63, 3.8) is 0 Å². The number of sulfonamides is 1. The van der Waals surface area contributed by atoms with E-state index in [1.807, 2.05) is 6.92 Å². The highest BCUT2D eigenvalue weighted by atomic mass is 32.2. The summed E-state index contributed by atoms with van der Waals surface area (Å²) in [5.41, 5.74) is 0. The molecule has 0 saturated carbocycles. The molecule has 1 fully saturated rings. The van der Waals surface area contributed by atoms with Gasteiger partial charge in [-0.2, -0.15) is 4.31 Å². The number of aryl methyl sites for hydroxylation is 1. The van der Waals surface area contributed by atoms with E-state index in [9.17, 15) is 8.42 Å². The fourth-order valence-corrected chi connectivity index (χ4v) is 3.12. The molecule has 8 heteroatoms. The highest BCUT2D eigenvalue weighted by molar-refractivity contribution is 7.89. The van der Waals surface area contributed by atoms with Crippen LogP contribution in [0.5, 0.6) is 0 Å². The minimum Gasteiger partial charge on any atom is -0.424 e. The van der Waals surface area contributed by atoms with Crippen molar-refractivity contribution >= 4 is 10.0 Å². The molecule has 0 N–H and O–H groups in total. The first-order chi connectivity index (χ1) is 9.05. The van der Waals surface area contributed by atoms with Crippen molar-refractivity contribution in [1.82, 2.24) is 19.4 Å². The Hall–Kier alpha value is -0.990. The number of rotatable bonds is 5. The van der Waals surface area contributed by atoms with E-state index >= 15 is 0 Å². The number of aromatic nitrogens is 2. The third kappa shape index (κ3) is 3.52. The first-order valence-electron chi connectivity index (χ1n) is 6.56. The lowest BCUT2D eigenvalue weighted by atomic mass is 10.3. The average Bonchev–Trinajstić information content (AvgIpc) is 2.87. The van der Waals surface area contributed by atoms with Crippen LogP contribution in [0.15, 0.2) is 4.42 Å². The number of hydrogen-bond donors (Lipinski definition) is 0. The molecule has 0 atom stereocenters. The minimum absolute atomic E-state index is 0.163. The summed E-state index contributed by atoms with van der Waals surface area (Å²) in [6.07, 6.45) is 0.732. The lowest BCUT2D eigenvalue weighted by Gasteiger charge is -2.32. The largest absolute Gasteiger partial charge is 0.424 e. The van der Waals surface area contributed by atoms with E-state index in [1.165, 1.54) is 0 Å². The molecule has 0 radical (unpaired) electrons. The first-order valence-corrected chi connectivity index (χ1v) is 8.17. The number of piperazine rings is 1. The Morgan fingerprint density at radius 1 is 1.11 bits per heavy atom. The molecule has 2 heterocycles. The molecule has 108 valence electrons. The number of hydrogen-bond acceptors (Lipinski definition) is 6. The van der Waals surface area contributed by atoms with Crippen molar-refractivity contribution in [2.45, 2.75) is 26.8 Å². The van der Waals surface area contributed by atoms with E-state index in [-0.39, 0.29) is 5.75 Å². The van der Waals surface area contributed by atoms with Crippen LogP contribution in [-0.2, 0) is 23.0 Å². The van der Waals surface area contributed by atoms with E-state index in [4.69, 9.17) is 4.42 Å². The molecule has 0 bridgehead atoms. The third-order valence-corrected chi connectivity index (χ3v) is 5.14. The second-order valence-corrected chi connectivity index (χ2v) is 6.78. The molecular weight excluding hydrogens is 268 g/mol. The topological polar surface area (TPSA) is 79.5 Å². The molecule has 1 aromatic rings. The molecule has 0 unspecified atom stereocenters. The maximum absolute atomic E-state index is 11.7. The summed E-state index contributed by atoms with van der Waals surface area (Å²) in [6.45, 7) is 6.69. The van der Waals surface area contributed by atoms with Gasteiger partial charge in [0.05, 0.1) is 12.3 Å². The molecule has 7 nitrogen and oxygen atoms in total. The van der Waals surface area contributed by atoms with Crippen molar-refractivity contribution in [3.05, 3.63) is 11.8 Å². The lowest BCUT2D eigenvalue weighted by molar-refractivity contribution is 0.167. The van der Waals surface area contributed by atoms with Crippen LogP contribution in [-0.4, -0.2) is 59.8 Å². The standard InChI is InChI=1S/C11H20N4O3S/c1-3-10-12-13-11(18-10)9-14-5-7-15(8-6-14)19(16,17)4-2/h3-9H2,1-2H3. The minimum atomic E-state index is -3.06. The van der Waals surface area contributed by atoms with E-state index in [1.54, 1.807) is 11.2 Å². The lowest BCUT2D eigenvalue weighted by Crippen LogP contribution is -2.48.